The van der Waals surface area contributed by atoms with Crippen molar-refractivity contribution in [2.45, 2.75) is 116 Å². The van der Waals surface area contributed by atoms with Crippen LogP contribution in [0, 0.1) is 5.92 Å². The monoisotopic (exact) mass is 639 g/mol. The largest absolute Gasteiger partial charge is 0.395 e. The lowest BCUT2D eigenvalue weighted by atomic mass is 9.71. The predicted molar refractivity (Wildman–Crippen MR) is 149 cm³/mol. The van der Waals surface area contributed by atoms with E-state index in [9.17, 15) is 40.5 Å². The van der Waals surface area contributed by atoms with Gasteiger partial charge in [-0.15, -0.1) is 0 Å². The van der Waals surface area contributed by atoms with Crippen molar-refractivity contribution in [3.63, 3.8) is 0 Å². The van der Waals surface area contributed by atoms with Crippen molar-refractivity contribution in [1.29, 1.82) is 0 Å². The Morgan fingerprint density at radius 2 is 1.59 bits per heavy atom. The third-order valence-electron chi connectivity index (χ3n) is 9.27. The Bertz CT molecular complexity index is 974. The summed E-state index contributed by atoms with van der Waals surface area (Å²) < 4.78 is 17.6. The van der Waals surface area contributed by atoms with Crippen LogP contribution in [0.3, 0.4) is 0 Å². The number of rotatable bonds is 11. The van der Waals surface area contributed by atoms with E-state index >= 15 is 0 Å². The molecule has 18 atom stereocenters. The number of aliphatic hydroxyl groups is 8. The average Bonchev–Trinajstić information content (AvgIpc) is 3.62. The van der Waals surface area contributed by atoms with Crippen molar-refractivity contribution < 1.29 is 59.9 Å². The second-order valence-electron chi connectivity index (χ2n) is 12.5. The molecule has 4 unspecified atom stereocenters. The van der Waals surface area contributed by atoms with Crippen molar-refractivity contribution >= 4 is 5.91 Å². The van der Waals surface area contributed by atoms with Gasteiger partial charge < -0.3 is 94.4 Å². The Morgan fingerprint density at radius 1 is 0.932 bits per heavy atom. The first-order valence-corrected chi connectivity index (χ1v) is 14.8. The van der Waals surface area contributed by atoms with Gasteiger partial charge in [0.2, 0.25) is 0 Å². The lowest BCUT2D eigenvalue weighted by molar-refractivity contribution is -0.307. The SMILES string of the molecule is NC(CO)CNC[C@H]1O[C@H](C2[C@@H](N)C[C@@H](NC(=O)C3(O)CC3N)[C@H](O[C@H]3O[C@H](CO)[C@@H](O)[C@H](N)[C@H]3O)[C@H]2O)[C@H](N)[C@@H](O)[C@@H]1O. The molecule has 4 fully saturated rings. The highest BCUT2D eigenvalue weighted by Gasteiger charge is 2.60. The fourth-order valence-electron chi connectivity index (χ4n) is 6.27. The molecule has 19 nitrogen and oxygen atoms in total. The van der Waals surface area contributed by atoms with Crippen LogP contribution in [0.25, 0.3) is 0 Å². The first-order valence-electron chi connectivity index (χ1n) is 14.8. The van der Waals surface area contributed by atoms with E-state index in [0.717, 1.165) is 0 Å². The van der Waals surface area contributed by atoms with Crippen LogP contribution in [0.2, 0.25) is 0 Å². The molecule has 44 heavy (non-hydrogen) atoms. The van der Waals surface area contributed by atoms with Crippen molar-refractivity contribution in [1.82, 2.24) is 10.6 Å². The number of carbonyl (C=O) groups excluding carboxylic acids is 1. The molecule has 2 saturated carbocycles. The molecule has 0 radical (unpaired) electrons. The number of aliphatic hydroxyl groups excluding tert-OH is 7. The van der Waals surface area contributed by atoms with Gasteiger partial charge in [-0.1, -0.05) is 0 Å². The molecule has 2 saturated heterocycles. The van der Waals surface area contributed by atoms with Gasteiger partial charge in [0, 0.05) is 43.6 Å². The number of nitrogens with one attached hydrogen (secondary N) is 2. The number of nitrogens with two attached hydrogens (primary N) is 5. The lowest BCUT2D eigenvalue weighted by Crippen LogP contribution is -2.72. The van der Waals surface area contributed by atoms with E-state index in [4.69, 9.17) is 48.0 Å². The van der Waals surface area contributed by atoms with Gasteiger partial charge in [-0.3, -0.25) is 4.79 Å². The average molecular weight is 640 g/mol. The third-order valence-corrected chi connectivity index (χ3v) is 9.27. The number of hydrogen-bond acceptors (Lipinski definition) is 18. The van der Waals surface area contributed by atoms with Gasteiger partial charge in [-0.25, -0.2) is 0 Å². The van der Waals surface area contributed by atoms with E-state index in [2.05, 4.69) is 10.6 Å². The Kier molecular flexibility index (Phi) is 11.6. The van der Waals surface area contributed by atoms with Gasteiger partial charge in [-0.2, -0.15) is 0 Å². The molecule has 0 spiro atoms. The molecule has 2 aliphatic carbocycles. The predicted octanol–water partition coefficient (Wildman–Crippen LogP) is -9.48. The minimum absolute atomic E-state index is 0.00445. The highest BCUT2D eigenvalue weighted by atomic mass is 16.7. The fourth-order valence-corrected chi connectivity index (χ4v) is 6.27. The molecule has 19 heteroatoms. The van der Waals surface area contributed by atoms with Gasteiger partial charge in [-0.05, 0) is 6.42 Å². The highest BCUT2D eigenvalue weighted by Crippen LogP contribution is 2.38. The number of carbonyl (C=O) groups is 1. The van der Waals surface area contributed by atoms with Gasteiger partial charge in [0.25, 0.3) is 5.91 Å². The maximum absolute atomic E-state index is 12.9. The molecule has 0 aromatic carbocycles. The van der Waals surface area contributed by atoms with Crippen LogP contribution < -0.4 is 39.3 Å². The first kappa shape index (κ1) is 35.6. The van der Waals surface area contributed by atoms with Crippen molar-refractivity contribution in [3.05, 3.63) is 0 Å². The van der Waals surface area contributed by atoms with E-state index in [1.165, 1.54) is 0 Å². The lowest BCUT2D eigenvalue weighted by Gasteiger charge is -2.52. The molecule has 0 aromatic heterocycles. The van der Waals surface area contributed by atoms with E-state index in [0.29, 0.717) is 0 Å². The van der Waals surface area contributed by atoms with Crippen LogP contribution >= 0.6 is 0 Å². The molecule has 1 amide bonds. The quantitative estimate of drug-likeness (QED) is 0.0997. The Labute approximate surface area is 253 Å². The molecule has 4 aliphatic rings. The molecule has 0 aromatic rings. The van der Waals surface area contributed by atoms with Gasteiger partial charge >= 0.3 is 0 Å². The van der Waals surface area contributed by atoms with Crippen LogP contribution in [0.5, 0.6) is 0 Å². The summed E-state index contributed by atoms with van der Waals surface area (Å²) in [5.41, 5.74) is 28.3. The normalized spacial score (nSPS) is 50.2. The summed E-state index contributed by atoms with van der Waals surface area (Å²) in [5, 5.41) is 89.0. The second kappa shape index (κ2) is 14.3. The summed E-state index contributed by atoms with van der Waals surface area (Å²) in [7, 11) is 0. The molecule has 20 N–H and O–H groups in total. The zero-order chi connectivity index (χ0) is 32.7. The summed E-state index contributed by atoms with van der Waals surface area (Å²) in [4.78, 5) is 12.9. The second-order valence-corrected chi connectivity index (χ2v) is 12.5. The van der Waals surface area contributed by atoms with Crippen LogP contribution in [-0.2, 0) is 19.0 Å². The maximum atomic E-state index is 12.9. The molecule has 256 valence electrons. The molecular weight excluding hydrogens is 590 g/mol. The standard InChI is InChI=1S/C25H49N7O12/c26-7(5-33)3-31-4-10-17(36)19(38)15(30)22(42-10)13-8(27)1-9(32-24(40)25(41)2-12(25)28)21(18(13)37)44-23-20(39)14(29)16(35)11(6-34)43-23/h7-23,31,33-39,41H,1-6,26-30H2,(H,32,40)/t7?,8-,9+,10+,11+,12?,13?,14-,15+,16+,17+,18-,19+,20+,21-,22+,23+,25?/m0/s1. The van der Waals surface area contributed by atoms with Crippen LogP contribution in [0.1, 0.15) is 12.8 Å². The summed E-state index contributed by atoms with van der Waals surface area (Å²) in [6.07, 6.45) is -14.1. The molecule has 2 heterocycles. The van der Waals surface area contributed by atoms with Crippen LogP contribution in [-0.4, -0.2) is 176 Å². The first-order chi connectivity index (χ1) is 20.7. The summed E-state index contributed by atoms with van der Waals surface area (Å²) >= 11 is 0. The molecule has 4 rings (SSSR count). The van der Waals surface area contributed by atoms with E-state index in [1.807, 2.05) is 0 Å². The highest BCUT2D eigenvalue weighted by molar-refractivity contribution is 5.89. The molecule has 0 bridgehead atoms. The van der Waals surface area contributed by atoms with Crippen molar-refractivity contribution in [3.8, 4) is 0 Å². The number of amides is 1. The van der Waals surface area contributed by atoms with Crippen LogP contribution in [0.4, 0.5) is 0 Å². The van der Waals surface area contributed by atoms with E-state index < -0.39 is 122 Å². The third kappa shape index (κ3) is 7.04. The Balaban J connectivity index is 1.58. The molecular formula is C25H49N7O12. The van der Waals surface area contributed by atoms with Gasteiger partial charge in [0.05, 0.1) is 49.7 Å². The summed E-state index contributed by atoms with van der Waals surface area (Å²) in [6.45, 7) is -0.790. The maximum Gasteiger partial charge on any atom is 0.253 e. The topological polar surface area (TPSA) is 361 Å². The number of ether oxygens (including phenoxy) is 3. The van der Waals surface area contributed by atoms with Gasteiger partial charge in [0.1, 0.15) is 36.6 Å². The Morgan fingerprint density at radius 3 is 2.18 bits per heavy atom. The van der Waals surface area contributed by atoms with Crippen molar-refractivity contribution in [2.24, 2.45) is 34.6 Å². The van der Waals surface area contributed by atoms with Crippen LogP contribution in [0.15, 0.2) is 0 Å². The zero-order valence-corrected chi connectivity index (χ0v) is 24.2. The number of hydrogen-bond donors (Lipinski definition) is 15. The van der Waals surface area contributed by atoms with Gasteiger partial charge in [0.15, 0.2) is 11.9 Å². The zero-order valence-electron chi connectivity index (χ0n) is 24.2. The minimum atomic E-state index is -1.83. The van der Waals surface area contributed by atoms with E-state index in [-0.39, 0.29) is 32.5 Å². The van der Waals surface area contributed by atoms with E-state index in [1.54, 1.807) is 0 Å². The summed E-state index contributed by atoms with van der Waals surface area (Å²) in [5.74, 6) is -1.91. The summed E-state index contributed by atoms with van der Waals surface area (Å²) in [6, 6.07) is -5.95. The fraction of sp³-hybridized carbons (Fsp3) is 0.960. The minimum Gasteiger partial charge on any atom is -0.395 e. The van der Waals surface area contributed by atoms with Crippen molar-refractivity contribution in [2.75, 3.05) is 26.3 Å². The Hall–Kier alpha value is -1.21. The molecule has 2 aliphatic heterocycles. The smallest absolute Gasteiger partial charge is 0.253 e.